The predicted molar refractivity (Wildman–Crippen MR) is 59.1 cm³/mol. The lowest BCUT2D eigenvalue weighted by Crippen LogP contribution is -2.05. The van der Waals surface area contributed by atoms with E-state index in [1.54, 1.807) is 0 Å². The number of ether oxygens (including phenoxy) is 1. The summed E-state index contributed by atoms with van der Waals surface area (Å²) in [5, 5.41) is 0. The molecule has 0 saturated heterocycles. The average molecular weight is 198 g/mol. The first kappa shape index (κ1) is 13.2. The molecule has 0 saturated carbocycles. The number of hydrogen-bond acceptors (Lipinski definition) is 2. The van der Waals surface area contributed by atoms with Crippen LogP contribution < -0.4 is 0 Å². The van der Waals surface area contributed by atoms with Gasteiger partial charge in [0, 0.05) is 0 Å². The third kappa shape index (κ3) is 6.70. The molecule has 0 radical (unpaired) electrons. The van der Waals surface area contributed by atoms with Crippen molar-refractivity contribution in [2.45, 2.75) is 52.9 Å². The first-order valence-electron chi connectivity index (χ1n) is 5.58. The highest BCUT2D eigenvalue weighted by Gasteiger charge is 2.05. The molecule has 0 aromatic carbocycles. The molecule has 0 spiro atoms. The molecule has 0 heterocycles. The van der Waals surface area contributed by atoms with Gasteiger partial charge in [0.1, 0.15) is 0 Å². The van der Waals surface area contributed by atoms with Crippen LogP contribution in [0.25, 0.3) is 0 Å². The maximum atomic E-state index is 11.2. The highest BCUT2D eigenvalue weighted by Crippen LogP contribution is 2.12. The molecule has 0 rings (SSSR count). The second-order valence-electron chi connectivity index (χ2n) is 3.38. The Morgan fingerprint density at radius 1 is 1.21 bits per heavy atom. The van der Waals surface area contributed by atoms with Crippen molar-refractivity contribution in [3.63, 3.8) is 0 Å². The predicted octanol–water partition coefficient (Wildman–Crippen LogP) is 3.47. The summed E-state index contributed by atoms with van der Waals surface area (Å²) in [6.45, 7) is 6.59. The molecule has 0 unspecified atom stereocenters. The van der Waals surface area contributed by atoms with E-state index in [9.17, 15) is 4.79 Å². The second-order valence-corrected chi connectivity index (χ2v) is 3.38. The van der Waals surface area contributed by atoms with Crippen molar-refractivity contribution in [2.24, 2.45) is 0 Å². The molecular weight excluding hydrogens is 176 g/mol. The normalized spacial score (nSPS) is 11.5. The fraction of sp³-hybridized carbons (Fsp3) is 0.750. The minimum Gasteiger partial charge on any atom is -0.466 e. The van der Waals surface area contributed by atoms with Gasteiger partial charge in [-0.2, -0.15) is 0 Å². The zero-order chi connectivity index (χ0) is 10.8. The Morgan fingerprint density at radius 3 is 2.43 bits per heavy atom. The summed E-state index contributed by atoms with van der Waals surface area (Å²) >= 11 is 0. The molecule has 0 bridgehead atoms. The Bertz CT molecular complexity index is 183. The summed E-state index contributed by atoms with van der Waals surface area (Å²) in [5.41, 5.74) is 1.23. The number of rotatable bonds is 7. The number of allylic oxidation sites excluding steroid dienone is 1. The van der Waals surface area contributed by atoms with E-state index in [0.29, 0.717) is 13.0 Å². The van der Waals surface area contributed by atoms with Gasteiger partial charge in [0.2, 0.25) is 0 Å². The van der Waals surface area contributed by atoms with Gasteiger partial charge in [-0.05, 0) is 19.8 Å². The van der Waals surface area contributed by atoms with Gasteiger partial charge in [-0.1, -0.05) is 38.3 Å². The molecule has 0 aliphatic heterocycles. The van der Waals surface area contributed by atoms with Crippen LogP contribution in [0.1, 0.15) is 52.9 Å². The Morgan fingerprint density at radius 2 is 1.93 bits per heavy atom. The lowest BCUT2D eigenvalue weighted by molar-refractivity contribution is -0.142. The van der Waals surface area contributed by atoms with E-state index < -0.39 is 0 Å². The van der Waals surface area contributed by atoms with Crippen molar-refractivity contribution in [2.75, 3.05) is 6.61 Å². The summed E-state index contributed by atoms with van der Waals surface area (Å²) < 4.78 is 4.92. The molecule has 14 heavy (non-hydrogen) atoms. The van der Waals surface area contributed by atoms with Crippen LogP contribution in [-0.4, -0.2) is 12.6 Å². The third-order valence-corrected chi connectivity index (χ3v) is 1.97. The highest BCUT2D eigenvalue weighted by atomic mass is 16.5. The zero-order valence-corrected chi connectivity index (χ0v) is 9.64. The van der Waals surface area contributed by atoms with Crippen molar-refractivity contribution >= 4 is 5.97 Å². The summed E-state index contributed by atoms with van der Waals surface area (Å²) in [7, 11) is 0. The number of unbranched alkanes of at least 4 members (excludes halogenated alkanes) is 1. The standard InChI is InChI=1S/C12H22O2/c1-4-7-9-11(8-5-2)10-12(13)14-6-3/h9H,4-8,10H2,1-3H3/b11-9+. The summed E-state index contributed by atoms with van der Waals surface area (Å²) in [6, 6.07) is 0. The average Bonchev–Trinajstić information content (AvgIpc) is 2.15. The van der Waals surface area contributed by atoms with Crippen molar-refractivity contribution in [1.82, 2.24) is 0 Å². The molecule has 0 aliphatic carbocycles. The Hall–Kier alpha value is -0.790. The van der Waals surface area contributed by atoms with Crippen LogP contribution in [0, 0.1) is 0 Å². The first-order valence-corrected chi connectivity index (χ1v) is 5.58. The van der Waals surface area contributed by atoms with Crippen LogP contribution >= 0.6 is 0 Å². The number of esters is 1. The van der Waals surface area contributed by atoms with Crippen LogP contribution in [0.4, 0.5) is 0 Å². The van der Waals surface area contributed by atoms with Crippen molar-refractivity contribution < 1.29 is 9.53 Å². The highest BCUT2D eigenvalue weighted by molar-refractivity contribution is 5.72. The van der Waals surface area contributed by atoms with E-state index in [0.717, 1.165) is 25.7 Å². The molecule has 0 aliphatic rings. The molecule has 0 aromatic rings. The maximum absolute atomic E-state index is 11.2. The molecule has 2 nitrogen and oxygen atoms in total. The molecule has 0 fully saturated rings. The van der Waals surface area contributed by atoms with Gasteiger partial charge >= 0.3 is 5.97 Å². The van der Waals surface area contributed by atoms with E-state index in [2.05, 4.69) is 19.9 Å². The van der Waals surface area contributed by atoms with Crippen LogP contribution in [0.2, 0.25) is 0 Å². The Labute approximate surface area is 87.3 Å². The molecule has 2 heteroatoms. The summed E-state index contributed by atoms with van der Waals surface area (Å²) in [4.78, 5) is 11.2. The van der Waals surface area contributed by atoms with E-state index >= 15 is 0 Å². The summed E-state index contributed by atoms with van der Waals surface area (Å²) in [6.07, 6.45) is 6.96. The summed E-state index contributed by atoms with van der Waals surface area (Å²) in [5.74, 6) is -0.0942. The van der Waals surface area contributed by atoms with Crippen LogP contribution in [-0.2, 0) is 9.53 Å². The van der Waals surface area contributed by atoms with Gasteiger partial charge < -0.3 is 4.74 Å². The van der Waals surface area contributed by atoms with Gasteiger partial charge in [-0.3, -0.25) is 4.79 Å². The van der Waals surface area contributed by atoms with Gasteiger partial charge in [0.15, 0.2) is 0 Å². The van der Waals surface area contributed by atoms with Crippen LogP contribution in [0.15, 0.2) is 11.6 Å². The molecule has 82 valence electrons. The number of carbonyl (C=O) groups is 1. The van der Waals surface area contributed by atoms with E-state index in [1.807, 2.05) is 6.92 Å². The van der Waals surface area contributed by atoms with Gasteiger partial charge in [-0.15, -0.1) is 0 Å². The molecule has 0 aromatic heterocycles. The second kappa shape index (κ2) is 8.79. The van der Waals surface area contributed by atoms with Gasteiger partial charge in [0.25, 0.3) is 0 Å². The fourth-order valence-corrected chi connectivity index (χ4v) is 1.33. The van der Waals surface area contributed by atoms with E-state index in [1.165, 1.54) is 5.57 Å². The van der Waals surface area contributed by atoms with E-state index in [4.69, 9.17) is 4.74 Å². The van der Waals surface area contributed by atoms with Gasteiger partial charge in [-0.25, -0.2) is 0 Å². The van der Waals surface area contributed by atoms with Crippen molar-refractivity contribution in [3.05, 3.63) is 11.6 Å². The Balaban J connectivity index is 4.01. The van der Waals surface area contributed by atoms with Crippen LogP contribution in [0.3, 0.4) is 0 Å². The number of carbonyl (C=O) groups excluding carboxylic acids is 1. The SMILES string of the molecule is CCC/C=C(\CCC)CC(=O)OCC. The Kier molecular flexibility index (Phi) is 8.30. The topological polar surface area (TPSA) is 26.3 Å². The maximum Gasteiger partial charge on any atom is 0.309 e. The fourth-order valence-electron chi connectivity index (χ4n) is 1.33. The van der Waals surface area contributed by atoms with Crippen LogP contribution in [0.5, 0.6) is 0 Å². The monoisotopic (exact) mass is 198 g/mol. The van der Waals surface area contributed by atoms with E-state index in [-0.39, 0.29) is 5.97 Å². The minimum absolute atomic E-state index is 0.0942. The quantitative estimate of drug-likeness (QED) is 0.462. The molecule has 0 amide bonds. The minimum atomic E-state index is -0.0942. The largest absolute Gasteiger partial charge is 0.466 e. The molecule has 0 atom stereocenters. The lowest BCUT2D eigenvalue weighted by Gasteiger charge is -2.05. The van der Waals surface area contributed by atoms with Crippen molar-refractivity contribution in [3.8, 4) is 0 Å². The smallest absolute Gasteiger partial charge is 0.309 e. The molecule has 0 N–H and O–H groups in total. The third-order valence-electron chi connectivity index (χ3n) is 1.97. The zero-order valence-electron chi connectivity index (χ0n) is 9.64. The van der Waals surface area contributed by atoms with Gasteiger partial charge in [0.05, 0.1) is 13.0 Å². The first-order chi connectivity index (χ1) is 6.74. The van der Waals surface area contributed by atoms with Crippen molar-refractivity contribution in [1.29, 1.82) is 0 Å². The lowest BCUT2D eigenvalue weighted by atomic mass is 10.1. The number of hydrogen-bond donors (Lipinski definition) is 0. The molecular formula is C12H22O2.